The van der Waals surface area contributed by atoms with Gasteiger partial charge in [-0.05, 0) is 24.5 Å². The molecule has 2 unspecified atom stereocenters. The Hall–Kier alpha value is -0.170. The molecule has 1 heterocycles. The average molecular weight is 166 g/mol. The molecule has 1 aliphatic carbocycles. The Bertz CT molecular complexity index is 203. The topological polar surface area (TPSA) is 0 Å². The van der Waals surface area contributed by atoms with Crippen LogP contribution in [-0.4, -0.2) is 11.0 Å². The van der Waals surface area contributed by atoms with Gasteiger partial charge in [-0.1, -0.05) is 30.7 Å². The van der Waals surface area contributed by atoms with Gasteiger partial charge in [-0.2, -0.15) is 11.8 Å². The summed E-state index contributed by atoms with van der Waals surface area (Å²) in [5.74, 6) is 2.13. The first kappa shape index (κ1) is 7.48. The minimum absolute atomic E-state index is 0.764. The Morgan fingerprint density at radius 3 is 3.27 bits per heavy atom. The van der Waals surface area contributed by atoms with Gasteiger partial charge < -0.3 is 0 Å². The molecular formula is C10H14S. The Kier molecular flexibility index (Phi) is 2.08. The van der Waals surface area contributed by atoms with Gasteiger partial charge in [0, 0.05) is 5.25 Å². The van der Waals surface area contributed by atoms with E-state index < -0.39 is 0 Å². The molecule has 60 valence electrons. The van der Waals surface area contributed by atoms with E-state index in [0.29, 0.717) is 0 Å². The van der Waals surface area contributed by atoms with Crippen molar-refractivity contribution in [2.75, 3.05) is 5.75 Å². The van der Waals surface area contributed by atoms with Gasteiger partial charge in [-0.15, -0.1) is 0 Å². The number of fused-ring (bicyclic) bond motifs is 1. The van der Waals surface area contributed by atoms with E-state index >= 15 is 0 Å². The minimum Gasteiger partial charge on any atom is -0.154 e. The summed E-state index contributed by atoms with van der Waals surface area (Å²) in [5.41, 5.74) is 1.68. The van der Waals surface area contributed by atoms with Gasteiger partial charge in [0.1, 0.15) is 0 Å². The third-order valence-corrected chi connectivity index (χ3v) is 4.09. The monoisotopic (exact) mass is 166 g/mol. The largest absolute Gasteiger partial charge is 0.154 e. The lowest BCUT2D eigenvalue weighted by molar-refractivity contribution is 0.675. The predicted octanol–water partition coefficient (Wildman–Crippen LogP) is 3.01. The summed E-state index contributed by atoms with van der Waals surface area (Å²) in [7, 11) is 0. The average Bonchev–Trinajstić information content (AvgIpc) is 2.06. The molecule has 0 aromatic carbocycles. The molecule has 1 fully saturated rings. The van der Waals surface area contributed by atoms with Crippen molar-refractivity contribution < 1.29 is 0 Å². The molecule has 1 aliphatic heterocycles. The van der Waals surface area contributed by atoms with Crippen LogP contribution in [0.4, 0.5) is 0 Å². The summed E-state index contributed by atoms with van der Waals surface area (Å²) in [6, 6.07) is 0. The third-order valence-electron chi connectivity index (χ3n) is 2.48. The Labute approximate surface area is 72.8 Å². The van der Waals surface area contributed by atoms with Crippen molar-refractivity contribution in [3.05, 3.63) is 23.8 Å². The molecule has 0 aromatic heterocycles. The smallest absolute Gasteiger partial charge is 0.0319 e. The van der Waals surface area contributed by atoms with Gasteiger partial charge in [0.15, 0.2) is 0 Å². The van der Waals surface area contributed by atoms with E-state index in [9.17, 15) is 0 Å². The molecule has 0 bridgehead atoms. The number of hydrogen-bond donors (Lipinski definition) is 0. The van der Waals surface area contributed by atoms with E-state index in [1.165, 1.54) is 18.6 Å². The van der Waals surface area contributed by atoms with Gasteiger partial charge in [-0.25, -0.2) is 0 Å². The molecule has 2 aliphatic rings. The van der Waals surface area contributed by atoms with Crippen LogP contribution < -0.4 is 0 Å². The van der Waals surface area contributed by atoms with Crippen LogP contribution in [-0.2, 0) is 0 Å². The Morgan fingerprint density at radius 2 is 2.45 bits per heavy atom. The molecule has 1 saturated heterocycles. The fourth-order valence-corrected chi connectivity index (χ4v) is 3.23. The van der Waals surface area contributed by atoms with Crippen molar-refractivity contribution in [2.24, 2.45) is 5.92 Å². The standard InChI is InChI=1S/C10H14S/c1-8-4-2-5-9-6-3-7-11-10(8)9/h2,4-5,8,10H,3,6-7H2,1H3. The molecule has 0 aromatic rings. The van der Waals surface area contributed by atoms with E-state index in [1.54, 1.807) is 5.57 Å². The van der Waals surface area contributed by atoms with Crippen molar-refractivity contribution in [1.82, 2.24) is 0 Å². The molecule has 11 heavy (non-hydrogen) atoms. The van der Waals surface area contributed by atoms with Crippen molar-refractivity contribution >= 4 is 11.8 Å². The van der Waals surface area contributed by atoms with Crippen LogP contribution >= 0.6 is 11.8 Å². The van der Waals surface area contributed by atoms with Crippen molar-refractivity contribution in [2.45, 2.75) is 25.0 Å². The lowest BCUT2D eigenvalue weighted by Crippen LogP contribution is -2.21. The summed E-state index contributed by atoms with van der Waals surface area (Å²) in [6.45, 7) is 2.33. The highest BCUT2D eigenvalue weighted by molar-refractivity contribution is 8.00. The maximum Gasteiger partial charge on any atom is 0.0319 e. The quantitative estimate of drug-likeness (QED) is 0.533. The van der Waals surface area contributed by atoms with Gasteiger partial charge >= 0.3 is 0 Å². The molecule has 0 radical (unpaired) electrons. The predicted molar refractivity (Wildman–Crippen MR) is 51.9 cm³/mol. The number of hydrogen-bond acceptors (Lipinski definition) is 1. The van der Waals surface area contributed by atoms with E-state index in [-0.39, 0.29) is 0 Å². The Morgan fingerprint density at radius 1 is 1.55 bits per heavy atom. The first-order valence-electron chi connectivity index (χ1n) is 4.37. The van der Waals surface area contributed by atoms with Crippen LogP contribution in [0.5, 0.6) is 0 Å². The van der Waals surface area contributed by atoms with E-state index in [0.717, 1.165) is 11.2 Å². The third kappa shape index (κ3) is 1.39. The SMILES string of the molecule is CC1C=CC=C2CCCSC21. The summed E-state index contributed by atoms with van der Waals surface area (Å²) >= 11 is 2.14. The molecule has 0 N–H and O–H groups in total. The van der Waals surface area contributed by atoms with Crippen LogP contribution in [0.25, 0.3) is 0 Å². The van der Waals surface area contributed by atoms with Crippen LogP contribution in [0, 0.1) is 5.92 Å². The second-order valence-electron chi connectivity index (χ2n) is 3.38. The minimum atomic E-state index is 0.764. The second kappa shape index (κ2) is 3.06. The highest BCUT2D eigenvalue weighted by atomic mass is 32.2. The first-order chi connectivity index (χ1) is 5.38. The lowest BCUT2D eigenvalue weighted by atomic mass is 9.92. The van der Waals surface area contributed by atoms with Crippen molar-refractivity contribution in [1.29, 1.82) is 0 Å². The molecule has 0 spiro atoms. The normalized spacial score (nSPS) is 36.3. The fraction of sp³-hybridized carbons (Fsp3) is 0.600. The van der Waals surface area contributed by atoms with Crippen LogP contribution in [0.2, 0.25) is 0 Å². The fourth-order valence-electron chi connectivity index (χ4n) is 1.86. The number of allylic oxidation sites excluding steroid dienone is 3. The first-order valence-corrected chi connectivity index (χ1v) is 5.41. The maximum atomic E-state index is 2.33. The zero-order chi connectivity index (χ0) is 7.68. The van der Waals surface area contributed by atoms with Crippen molar-refractivity contribution in [3.63, 3.8) is 0 Å². The van der Waals surface area contributed by atoms with Crippen LogP contribution in [0.1, 0.15) is 19.8 Å². The molecule has 1 heteroatoms. The highest BCUT2D eigenvalue weighted by Crippen LogP contribution is 2.37. The van der Waals surface area contributed by atoms with E-state index in [4.69, 9.17) is 0 Å². The number of rotatable bonds is 0. The summed E-state index contributed by atoms with van der Waals surface area (Å²) in [6.07, 6.45) is 9.59. The molecule has 0 nitrogen and oxygen atoms in total. The molecule has 0 saturated carbocycles. The highest BCUT2D eigenvalue weighted by Gasteiger charge is 2.24. The second-order valence-corrected chi connectivity index (χ2v) is 4.63. The maximum absolute atomic E-state index is 2.33. The zero-order valence-electron chi connectivity index (χ0n) is 6.92. The van der Waals surface area contributed by atoms with Gasteiger partial charge in [-0.3, -0.25) is 0 Å². The molecular weight excluding hydrogens is 152 g/mol. The van der Waals surface area contributed by atoms with Gasteiger partial charge in [0.05, 0.1) is 0 Å². The van der Waals surface area contributed by atoms with Gasteiger partial charge in [0.2, 0.25) is 0 Å². The summed E-state index contributed by atoms with van der Waals surface area (Å²) < 4.78 is 0. The van der Waals surface area contributed by atoms with Crippen molar-refractivity contribution in [3.8, 4) is 0 Å². The van der Waals surface area contributed by atoms with Crippen LogP contribution in [0.15, 0.2) is 23.8 Å². The number of thioether (sulfide) groups is 1. The summed E-state index contributed by atoms with van der Waals surface area (Å²) in [5, 5.41) is 0.814. The zero-order valence-corrected chi connectivity index (χ0v) is 7.73. The van der Waals surface area contributed by atoms with Gasteiger partial charge in [0.25, 0.3) is 0 Å². The van der Waals surface area contributed by atoms with E-state index in [2.05, 4.69) is 36.9 Å². The van der Waals surface area contributed by atoms with E-state index in [1.807, 2.05) is 0 Å². The molecule has 0 amide bonds. The molecule has 2 atom stereocenters. The molecule has 2 rings (SSSR count). The summed E-state index contributed by atoms with van der Waals surface area (Å²) in [4.78, 5) is 0. The lowest BCUT2D eigenvalue weighted by Gasteiger charge is -2.30. The van der Waals surface area contributed by atoms with Crippen LogP contribution in [0.3, 0.4) is 0 Å². The Balaban J connectivity index is 2.18.